The molecule has 4 heteroatoms. The van der Waals surface area contributed by atoms with Gasteiger partial charge in [-0.15, -0.1) is 0 Å². The van der Waals surface area contributed by atoms with Crippen LogP contribution >= 0.6 is 0 Å². The number of ether oxygens (including phenoxy) is 2. The Morgan fingerprint density at radius 1 is 1.53 bits per heavy atom. The van der Waals surface area contributed by atoms with Crippen LogP contribution in [0.2, 0.25) is 0 Å². The Bertz CT molecular complexity index is 260. The minimum atomic E-state index is -0.435. The SMILES string of the molecule is CCC(C)[C@@H]1COCCN1C(=O)OC(C)(C)C. The molecule has 1 aliphatic rings. The highest BCUT2D eigenvalue weighted by Crippen LogP contribution is 2.21. The van der Waals surface area contributed by atoms with Crippen LogP contribution in [-0.2, 0) is 9.47 Å². The van der Waals surface area contributed by atoms with Gasteiger partial charge in [0.25, 0.3) is 0 Å². The Morgan fingerprint density at radius 2 is 2.18 bits per heavy atom. The predicted octanol–water partition coefficient (Wildman–Crippen LogP) is 2.67. The normalized spacial score (nSPS) is 23.4. The molecule has 0 bridgehead atoms. The fourth-order valence-electron chi connectivity index (χ4n) is 1.91. The van der Waals surface area contributed by atoms with Crippen molar-refractivity contribution in [2.45, 2.75) is 52.7 Å². The van der Waals surface area contributed by atoms with Crippen molar-refractivity contribution in [2.75, 3.05) is 19.8 Å². The van der Waals surface area contributed by atoms with Gasteiger partial charge in [-0.1, -0.05) is 20.3 Å². The first kappa shape index (κ1) is 14.3. The molecular formula is C13H25NO3. The fourth-order valence-corrected chi connectivity index (χ4v) is 1.91. The minimum Gasteiger partial charge on any atom is -0.444 e. The Hall–Kier alpha value is -0.770. The molecule has 0 spiro atoms. The van der Waals surface area contributed by atoms with Crippen molar-refractivity contribution in [3.8, 4) is 0 Å². The van der Waals surface area contributed by atoms with Crippen LogP contribution in [0.25, 0.3) is 0 Å². The summed E-state index contributed by atoms with van der Waals surface area (Å²) in [6.45, 7) is 11.8. The first-order valence-corrected chi connectivity index (χ1v) is 6.42. The lowest BCUT2D eigenvalue weighted by molar-refractivity contribution is -0.0450. The van der Waals surface area contributed by atoms with Gasteiger partial charge in [0, 0.05) is 6.54 Å². The molecule has 2 atom stereocenters. The average molecular weight is 243 g/mol. The molecule has 4 nitrogen and oxygen atoms in total. The van der Waals surface area contributed by atoms with Gasteiger partial charge < -0.3 is 14.4 Å². The van der Waals surface area contributed by atoms with Gasteiger partial charge in [-0.3, -0.25) is 0 Å². The van der Waals surface area contributed by atoms with Crippen molar-refractivity contribution in [3.05, 3.63) is 0 Å². The first-order chi connectivity index (χ1) is 7.85. The Balaban J connectivity index is 2.67. The quantitative estimate of drug-likeness (QED) is 0.748. The average Bonchev–Trinajstić information content (AvgIpc) is 2.25. The second kappa shape index (κ2) is 5.71. The van der Waals surface area contributed by atoms with E-state index in [-0.39, 0.29) is 12.1 Å². The van der Waals surface area contributed by atoms with Crippen LogP contribution in [-0.4, -0.2) is 42.4 Å². The third-order valence-electron chi connectivity index (χ3n) is 3.09. The van der Waals surface area contributed by atoms with Crippen molar-refractivity contribution in [2.24, 2.45) is 5.92 Å². The number of amides is 1. The molecule has 0 aromatic heterocycles. The molecule has 0 N–H and O–H groups in total. The van der Waals surface area contributed by atoms with Gasteiger partial charge in [-0.25, -0.2) is 4.79 Å². The zero-order chi connectivity index (χ0) is 13.1. The highest BCUT2D eigenvalue weighted by molar-refractivity contribution is 5.68. The Labute approximate surface area is 104 Å². The van der Waals surface area contributed by atoms with Crippen molar-refractivity contribution in [1.29, 1.82) is 0 Å². The third-order valence-corrected chi connectivity index (χ3v) is 3.09. The van der Waals surface area contributed by atoms with Gasteiger partial charge in [0.15, 0.2) is 0 Å². The summed E-state index contributed by atoms with van der Waals surface area (Å²) in [5.74, 6) is 0.433. The van der Waals surface area contributed by atoms with E-state index < -0.39 is 5.60 Å². The highest BCUT2D eigenvalue weighted by Gasteiger charge is 2.33. The van der Waals surface area contributed by atoms with Crippen LogP contribution in [0.4, 0.5) is 4.79 Å². The second-order valence-electron chi connectivity index (χ2n) is 5.70. The maximum atomic E-state index is 12.1. The van der Waals surface area contributed by atoms with Gasteiger partial charge in [0.1, 0.15) is 5.60 Å². The van der Waals surface area contributed by atoms with Crippen LogP contribution in [0.3, 0.4) is 0 Å². The number of morpholine rings is 1. The van der Waals surface area contributed by atoms with E-state index in [2.05, 4.69) is 13.8 Å². The lowest BCUT2D eigenvalue weighted by Gasteiger charge is -2.39. The van der Waals surface area contributed by atoms with E-state index >= 15 is 0 Å². The summed E-state index contributed by atoms with van der Waals surface area (Å²) in [4.78, 5) is 13.9. The minimum absolute atomic E-state index is 0.142. The van der Waals surface area contributed by atoms with Crippen molar-refractivity contribution in [3.63, 3.8) is 0 Å². The van der Waals surface area contributed by atoms with Crippen LogP contribution in [0.15, 0.2) is 0 Å². The molecule has 1 unspecified atom stereocenters. The smallest absolute Gasteiger partial charge is 0.410 e. The largest absolute Gasteiger partial charge is 0.444 e. The van der Waals surface area contributed by atoms with Gasteiger partial charge in [-0.05, 0) is 26.7 Å². The summed E-state index contributed by atoms with van der Waals surface area (Å²) >= 11 is 0. The molecule has 1 aliphatic heterocycles. The van der Waals surface area contributed by atoms with Gasteiger partial charge in [0.05, 0.1) is 19.3 Å². The molecule has 17 heavy (non-hydrogen) atoms. The van der Waals surface area contributed by atoms with Crippen molar-refractivity contribution in [1.82, 2.24) is 4.90 Å². The fraction of sp³-hybridized carbons (Fsp3) is 0.923. The number of hydrogen-bond acceptors (Lipinski definition) is 3. The van der Waals surface area contributed by atoms with Crippen LogP contribution in [0.1, 0.15) is 41.0 Å². The zero-order valence-electron chi connectivity index (χ0n) is 11.7. The number of nitrogens with zero attached hydrogens (tertiary/aromatic N) is 1. The number of carbonyl (C=O) groups is 1. The predicted molar refractivity (Wildman–Crippen MR) is 67.0 cm³/mol. The van der Waals surface area contributed by atoms with E-state index in [4.69, 9.17) is 9.47 Å². The molecule has 1 heterocycles. The van der Waals surface area contributed by atoms with Crippen molar-refractivity contribution < 1.29 is 14.3 Å². The number of carbonyl (C=O) groups excluding carboxylic acids is 1. The lowest BCUT2D eigenvalue weighted by Crippen LogP contribution is -2.52. The molecule has 1 saturated heterocycles. The second-order valence-corrected chi connectivity index (χ2v) is 5.70. The number of hydrogen-bond donors (Lipinski definition) is 0. The highest BCUT2D eigenvalue weighted by atomic mass is 16.6. The van der Waals surface area contributed by atoms with Crippen LogP contribution < -0.4 is 0 Å². The van der Waals surface area contributed by atoms with Gasteiger partial charge in [0.2, 0.25) is 0 Å². The molecule has 100 valence electrons. The molecule has 0 aromatic rings. The first-order valence-electron chi connectivity index (χ1n) is 6.42. The van der Waals surface area contributed by atoms with Gasteiger partial charge >= 0.3 is 6.09 Å². The summed E-state index contributed by atoms with van der Waals surface area (Å²) in [6.07, 6.45) is 0.818. The van der Waals surface area contributed by atoms with E-state index in [1.54, 1.807) is 0 Å². The van der Waals surface area contributed by atoms with Crippen LogP contribution in [0, 0.1) is 5.92 Å². The lowest BCUT2D eigenvalue weighted by atomic mass is 9.98. The van der Waals surface area contributed by atoms with Gasteiger partial charge in [-0.2, -0.15) is 0 Å². The Kier molecular flexibility index (Phi) is 4.80. The summed E-state index contributed by atoms with van der Waals surface area (Å²) in [5, 5.41) is 0. The molecular weight excluding hydrogens is 218 g/mol. The molecule has 0 radical (unpaired) electrons. The van der Waals surface area contributed by atoms with E-state index in [1.807, 2.05) is 25.7 Å². The van der Waals surface area contributed by atoms with E-state index in [0.29, 0.717) is 25.7 Å². The third kappa shape index (κ3) is 4.19. The molecule has 1 fully saturated rings. The monoisotopic (exact) mass is 243 g/mol. The topological polar surface area (TPSA) is 38.8 Å². The maximum Gasteiger partial charge on any atom is 0.410 e. The van der Waals surface area contributed by atoms with Crippen LogP contribution in [0.5, 0.6) is 0 Å². The molecule has 0 aliphatic carbocycles. The molecule has 1 rings (SSSR count). The van der Waals surface area contributed by atoms with E-state index in [0.717, 1.165) is 6.42 Å². The summed E-state index contributed by atoms with van der Waals surface area (Å²) in [5.41, 5.74) is -0.435. The summed E-state index contributed by atoms with van der Waals surface area (Å²) < 4.78 is 10.9. The molecule has 0 aromatic carbocycles. The maximum absolute atomic E-state index is 12.1. The summed E-state index contributed by atoms with van der Waals surface area (Å²) in [7, 11) is 0. The van der Waals surface area contributed by atoms with E-state index in [1.165, 1.54) is 0 Å². The Morgan fingerprint density at radius 3 is 2.71 bits per heavy atom. The number of rotatable bonds is 2. The van der Waals surface area contributed by atoms with Crippen molar-refractivity contribution >= 4 is 6.09 Å². The molecule has 1 amide bonds. The standard InChI is InChI=1S/C13H25NO3/c1-6-10(2)11-9-16-8-7-14(11)12(15)17-13(3,4)5/h10-11H,6-9H2,1-5H3/t10?,11-/m0/s1. The molecule has 0 saturated carbocycles. The van der Waals surface area contributed by atoms with E-state index in [9.17, 15) is 4.79 Å². The summed E-state index contributed by atoms with van der Waals surface area (Å²) in [6, 6.07) is 0.142. The zero-order valence-corrected chi connectivity index (χ0v) is 11.7.